The van der Waals surface area contributed by atoms with Crippen LogP contribution < -0.4 is 20.3 Å². The number of nitrogens with zero attached hydrogens (tertiary/aromatic N) is 3. The number of guanidine groups is 1. The van der Waals surface area contributed by atoms with Crippen LogP contribution in [-0.4, -0.2) is 37.7 Å². The summed E-state index contributed by atoms with van der Waals surface area (Å²) in [6, 6.07) is 12.4. The van der Waals surface area contributed by atoms with E-state index in [1.807, 2.05) is 49.5 Å². The van der Waals surface area contributed by atoms with Crippen molar-refractivity contribution in [2.75, 3.05) is 26.0 Å². The molecule has 2 heterocycles. The molecule has 6 heteroatoms. The van der Waals surface area contributed by atoms with Crippen molar-refractivity contribution >= 4 is 11.8 Å². The Labute approximate surface area is 161 Å². The maximum atomic E-state index is 6.12. The van der Waals surface area contributed by atoms with Gasteiger partial charge in [-0.1, -0.05) is 18.2 Å². The van der Waals surface area contributed by atoms with Crippen LogP contribution in [0.15, 0.2) is 47.6 Å². The third-order valence-corrected chi connectivity index (χ3v) is 4.64. The molecule has 0 aliphatic carbocycles. The summed E-state index contributed by atoms with van der Waals surface area (Å²) in [6.45, 7) is 4.92. The molecule has 1 aliphatic heterocycles. The lowest BCUT2D eigenvalue weighted by Crippen LogP contribution is -2.45. The molecule has 0 spiro atoms. The maximum absolute atomic E-state index is 6.12. The Kier molecular flexibility index (Phi) is 5.54. The molecule has 6 nitrogen and oxygen atoms in total. The molecule has 3 rings (SSSR count). The Balaban J connectivity index is 1.70. The normalized spacial score (nSPS) is 18.3. The van der Waals surface area contributed by atoms with Crippen molar-refractivity contribution in [3.63, 3.8) is 0 Å². The van der Waals surface area contributed by atoms with E-state index in [4.69, 9.17) is 4.74 Å². The van der Waals surface area contributed by atoms with E-state index in [0.717, 1.165) is 29.5 Å². The van der Waals surface area contributed by atoms with E-state index in [1.54, 1.807) is 7.05 Å². The molecule has 1 aliphatic rings. The summed E-state index contributed by atoms with van der Waals surface area (Å²) in [6.07, 6.45) is 2.70. The Morgan fingerprint density at radius 2 is 2.07 bits per heavy atom. The molecule has 1 unspecified atom stereocenters. The molecule has 1 atom stereocenters. The van der Waals surface area contributed by atoms with Crippen LogP contribution in [-0.2, 0) is 6.54 Å². The molecule has 2 aromatic rings. The van der Waals surface area contributed by atoms with Gasteiger partial charge in [-0.25, -0.2) is 4.98 Å². The standard InChI is InChI=1S/C21H29N5O/c1-21(2)13-17(16-8-6-7-9-18(16)27-21)25-20(22-3)24-14-15-10-11-23-19(12-15)26(4)5/h6-12,17H,13-14H2,1-5H3,(H2,22,24,25). The second-order valence-corrected chi connectivity index (χ2v) is 7.64. The van der Waals surface area contributed by atoms with Crippen LogP contribution in [0.3, 0.4) is 0 Å². The van der Waals surface area contributed by atoms with Crippen molar-refractivity contribution in [3.8, 4) is 5.75 Å². The molecular formula is C21H29N5O. The first-order chi connectivity index (χ1) is 12.9. The SMILES string of the molecule is CN=C(NCc1ccnc(N(C)C)c1)NC1CC(C)(C)Oc2ccccc21. The minimum absolute atomic E-state index is 0.144. The number of para-hydroxylation sites is 1. The van der Waals surface area contributed by atoms with Gasteiger partial charge in [-0.2, -0.15) is 0 Å². The molecule has 1 aromatic heterocycles. The van der Waals surface area contributed by atoms with Gasteiger partial charge in [-0.05, 0) is 37.6 Å². The highest BCUT2D eigenvalue weighted by molar-refractivity contribution is 5.80. The first-order valence-electron chi connectivity index (χ1n) is 9.25. The van der Waals surface area contributed by atoms with Crippen molar-refractivity contribution in [2.24, 2.45) is 4.99 Å². The monoisotopic (exact) mass is 367 g/mol. The largest absolute Gasteiger partial charge is 0.487 e. The van der Waals surface area contributed by atoms with E-state index in [-0.39, 0.29) is 11.6 Å². The highest BCUT2D eigenvalue weighted by Gasteiger charge is 2.33. The lowest BCUT2D eigenvalue weighted by atomic mass is 9.90. The summed E-state index contributed by atoms with van der Waals surface area (Å²) in [5.41, 5.74) is 2.10. The number of pyridine rings is 1. The van der Waals surface area contributed by atoms with Gasteiger partial charge in [-0.3, -0.25) is 4.99 Å². The topological polar surface area (TPSA) is 61.8 Å². The zero-order valence-corrected chi connectivity index (χ0v) is 16.8. The zero-order valence-electron chi connectivity index (χ0n) is 16.8. The van der Waals surface area contributed by atoms with Gasteiger partial charge in [0.25, 0.3) is 0 Å². The first kappa shape index (κ1) is 19.0. The van der Waals surface area contributed by atoms with Crippen molar-refractivity contribution < 1.29 is 4.74 Å². The van der Waals surface area contributed by atoms with Crippen LogP contribution >= 0.6 is 0 Å². The third kappa shape index (κ3) is 4.70. The maximum Gasteiger partial charge on any atom is 0.191 e. The number of rotatable bonds is 4. The second kappa shape index (κ2) is 7.86. The van der Waals surface area contributed by atoms with Gasteiger partial charge < -0.3 is 20.3 Å². The third-order valence-electron chi connectivity index (χ3n) is 4.64. The van der Waals surface area contributed by atoms with E-state index in [9.17, 15) is 0 Å². The lowest BCUT2D eigenvalue weighted by Gasteiger charge is -2.38. The molecule has 2 N–H and O–H groups in total. The van der Waals surface area contributed by atoms with Crippen molar-refractivity contribution in [2.45, 2.75) is 38.5 Å². The fraction of sp³-hybridized carbons (Fsp3) is 0.429. The Hall–Kier alpha value is -2.76. The number of fused-ring (bicyclic) bond motifs is 1. The number of aromatic nitrogens is 1. The summed E-state index contributed by atoms with van der Waals surface area (Å²) in [5.74, 6) is 2.65. The summed E-state index contributed by atoms with van der Waals surface area (Å²) in [4.78, 5) is 10.8. The first-order valence-corrected chi connectivity index (χ1v) is 9.25. The van der Waals surface area contributed by atoms with Crippen molar-refractivity contribution in [1.82, 2.24) is 15.6 Å². The summed E-state index contributed by atoms with van der Waals surface area (Å²) < 4.78 is 6.12. The molecule has 27 heavy (non-hydrogen) atoms. The number of anilines is 1. The smallest absolute Gasteiger partial charge is 0.191 e. The minimum atomic E-state index is -0.226. The molecule has 0 saturated carbocycles. The molecular weight excluding hydrogens is 338 g/mol. The molecule has 144 valence electrons. The van der Waals surface area contributed by atoms with Gasteiger partial charge in [-0.15, -0.1) is 0 Å². The predicted octanol–water partition coefficient (Wildman–Crippen LogP) is 3.12. The fourth-order valence-electron chi connectivity index (χ4n) is 3.29. The van der Waals surface area contributed by atoms with Gasteiger partial charge in [0.2, 0.25) is 0 Å². The highest BCUT2D eigenvalue weighted by Crippen LogP contribution is 2.39. The van der Waals surface area contributed by atoms with Crippen LogP contribution in [0.2, 0.25) is 0 Å². The van der Waals surface area contributed by atoms with Crippen LogP contribution in [0.25, 0.3) is 0 Å². The molecule has 0 fully saturated rings. The number of nitrogens with one attached hydrogen (secondary N) is 2. The number of hydrogen-bond donors (Lipinski definition) is 2. The summed E-state index contributed by atoms with van der Waals surface area (Å²) in [7, 11) is 5.78. The van der Waals surface area contributed by atoms with E-state index < -0.39 is 0 Å². The zero-order chi connectivity index (χ0) is 19.4. The van der Waals surface area contributed by atoms with Gasteiger partial charge in [0.15, 0.2) is 5.96 Å². The van der Waals surface area contributed by atoms with Crippen LogP contribution in [0.4, 0.5) is 5.82 Å². The number of benzene rings is 1. The van der Waals surface area contributed by atoms with Crippen LogP contribution in [0, 0.1) is 0 Å². The second-order valence-electron chi connectivity index (χ2n) is 7.64. The molecule has 1 aromatic carbocycles. The molecule has 0 radical (unpaired) electrons. The Morgan fingerprint density at radius 3 is 2.81 bits per heavy atom. The summed E-state index contributed by atoms with van der Waals surface area (Å²) in [5, 5.41) is 6.97. The van der Waals surface area contributed by atoms with Gasteiger partial charge in [0.1, 0.15) is 17.2 Å². The minimum Gasteiger partial charge on any atom is -0.487 e. The summed E-state index contributed by atoms with van der Waals surface area (Å²) >= 11 is 0. The lowest BCUT2D eigenvalue weighted by molar-refractivity contribution is 0.0694. The number of aliphatic imine (C=N–C) groups is 1. The fourth-order valence-corrected chi connectivity index (χ4v) is 3.29. The molecule has 0 bridgehead atoms. The van der Waals surface area contributed by atoms with Gasteiger partial charge in [0.05, 0.1) is 6.04 Å². The van der Waals surface area contributed by atoms with Gasteiger partial charge >= 0.3 is 0 Å². The number of ether oxygens (including phenoxy) is 1. The quantitative estimate of drug-likeness (QED) is 0.642. The molecule has 0 amide bonds. The average Bonchev–Trinajstić information content (AvgIpc) is 2.64. The van der Waals surface area contributed by atoms with Gasteiger partial charge in [0, 0.05) is 45.9 Å². The average molecular weight is 367 g/mol. The Morgan fingerprint density at radius 1 is 1.30 bits per heavy atom. The van der Waals surface area contributed by atoms with Crippen LogP contribution in [0.1, 0.15) is 37.4 Å². The highest BCUT2D eigenvalue weighted by atomic mass is 16.5. The van der Waals surface area contributed by atoms with E-state index in [0.29, 0.717) is 6.54 Å². The Bertz CT molecular complexity index is 816. The van der Waals surface area contributed by atoms with E-state index in [1.165, 1.54) is 5.56 Å². The van der Waals surface area contributed by atoms with E-state index >= 15 is 0 Å². The van der Waals surface area contributed by atoms with Crippen LogP contribution in [0.5, 0.6) is 5.75 Å². The van der Waals surface area contributed by atoms with Crippen molar-refractivity contribution in [1.29, 1.82) is 0 Å². The predicted molar refractivity (Wildman–Crippen MR) is 110 cm³/mol. The van der Waals surface area contributed by atoms with Crippen molar-refractivity contribution in [3.05, 3.63) is 53.7 Å². The van der Waals surface area contributed by atoms with E-state index in [2.05, 4.69) is 46.6 Å². The number of hydrogen-bond acceptors (Lipinski definition) is 4. The molecule has 0 saturated heterocycles.